The van der Waals surface area contributed by atoms with Gasteiger partial charge >= 0.3 is 0 Å². The second-order valence-electron chi connectivity index (χ2n) is 10.8. The molecule has 0 aromatic heterocycles. The molecule has 0 bridgehead atoms. The zero-order valence-corrected chi connectivity index (χ0v) is 25.5. The summed E-state index contributed by atoms with van der Waals surface area (Å²) >= 11 is 0. The SMILES string of the molecule is C=C=C1C(c2ccc(C(=O)CCC(F)(F)CC)cc2OC)=CC(C)=C1/C(=C\C=C)c1ccc(OC2CCOCC2)c(C#N)c1. The van der Waals surface area contributed by atoms with E-state index >= 15 is 0 Å². The van der Waals surface area contributed by atoms with Gasteiger partial charge in [-0.2, -0.15) is 5.26 Å². The molecular weight excluding hydrogens is 560 g/mol. The van der Waals surface area contributed by atoms with Gasteiger partial charge in [-0.1, -0.05) is 44.4 Å². The molecule has 0 unspecified atom stereocenters. The van der Waals surface area contributed by atoms with Crippen LogP contribution in [0, 0.1) is 11.3 Å². The fourth-order valence-electron chi connectivity index (χ4n) is 5.44. The maximum Gasteiger partial charge on any atom is 0.248 e. The molecule has 44 heavy (non-hydrogen) atoms. The number of hydrogen-bond donors (Lipinski definition) is 0. The summed E-state index contributed by atoms with van der Waals surface area (Å²) in [6, 6.07) is 12.8. The van der Waals surface area contributed by atoms with Gasteiger partial charge in [0.25, 0.3) is 0 Å². The van der Waals surface area contributed by atoms with E-state index in [1.54, 1.807) is 24.3 Å². The maximum atomic E-state index is 13.8. The zero-order valence-electron chi connectivity index (χ0n) is 25.5. The van der Waals surface area contributed by atoms with Gasteiger partial charge in [-0.25, -0.2) is 8.78 Å². The fourth-order valence-corrected chi connectivity index (χ4v) is 5.44. The van der Waals surface area contributed by atoms with Crippen LogP contribution < -0.4 is 9.47 Å². The monoisotopic (exact) mass is 597 g/mol. The molecule has 0 amide bonds. The Bertz CT molecular complexity index is 1630. The minimum absolute atomic E-state index is 0.000629. The number of carbonyl (C=O) groups excluding carboxylic acids is 1. The molecule has 2 aromatic rings. The number of hydrogen-bond acceptors (Lipinski definition) is 5. The first-order valence-electron chi connectivity index (χ1n) is 14.7. The van der Waals surface area contributed by atoms with Crippen LogP contribution in [0.2, 0.25) is 0 Å². The van der Waals surface area contributed by atoms with Crippen LogP contribution in [0.5, 0.6) is 11.5 Å². The van der Waals surface area contributed by atoms with Crippen LogP contribution in [-0.2, 0) is 4.74 Å². The molecule has 1 aliphatic heterocycles. The van der Waals surface area contributed by atoms with Gasteiger partial charge in [-0.05, 0) is 54.0 Å². The van der Waals surface area contributed by atoms with Crippen LogP contribution in [0.4, 0.5) is 8.78 Å². The Morgan fingerprint density at radius 2 is 1.89 bits per heavy atom. The van der Waals surface area contributed by atoms with Crippen molar-refractivity contribution in [2.24, 2.45) is 0 Å². The number of ether oxygens (including phenoxy) is 3. The molecule has 2 aromatic carbocycles. The van der Waals surface area contributed by atoms with Crippen molar-refractivity contribution < 1.29 is 27.8 Å². The van der Waals surface area contributed by atoms with E-state index in [4.69, 9.17) is 14.2 Å². The first-order chi connectivity index (χ1) is 21.2. The molecule has 1 aliphatic carbocycles. The molecule has 1 fully saturated rings. The first kappa shape index (κ1) is 32.4. The molecule has 5 nitrogen and oxygen atoms in total. The van der Waals surface area contributed by atoms with E-state index in [2.05, 4.69) is 25.0 Å². The smallest absolute Gasteiger partial charge is 0.248 e. The van der Waals surface area contributed by atoms with Crippen LogP contribution in [0.1, 0.15) is 73.0 Å². The van der Waals surface area contributed by atoms with Gasteiger partial charge in [0.05, 0.1) is 25.9 Å². The van der Waals surface area contributed by atoms with Gasteiger partial charge in [0.2, 0.25) is 5.92 Å². The Morgan fingerprint density at radius 1 is 1.16 bits per heavy atom. The van der Waals surface area contributed by atoms with Crippen LogP contribution in [0.25, 0.3) is 11.1 Å². The number of rotatable bonds is 12. The Labute approximate surface area is 258 Å². The van der Waals surface area contributed by atoms with E-state index in [0.29, 0.717) is 41.4 Å². The van der Waals surface area contributed by atoms with Gasteiger partial charge in [0, 0.05) is 60.0 Å². The fraction of sp³-hybridized carbons (Fsp3) is 0.324. The Balaban J connectivity index is 1.64. The number of halogens is 2. The van der Waals surface area contributed by atoms with Gasteiger partial charge < -0.3 is 14.2 Å². The lowest BCUT2D eigenvalue weighted by Crippen LogP contribution is -2.26. The molecule has 0 radical (unpaired) electrons. The highest BCUT2D eigenvalue weighted by atomic mass is 19.3. The average molecular weight is 598 g/mol. The molecule has 1 saturated heterocycles. The van der Waals surface area contributed by atoms with Gasteiger partial charge in [0.15, 0.2) is 5.78 Å². The van der Waals surface area contributed by atoms with Crippen molar-refractivity contribution >= 4 is 16.9 Å². The molecule has 0 atom stereocenters. The lowest BCUT2D eigenvalue weighted by Gasteiger charge is -2.24. The average Bonchev–Trinajstić information content (AvgIpc) is 3.38. The molecule has 0 saturated carbocycles. The predicted octanol–water partition coefficient (Wildman–Crippen LogP) is 8.83. The van der Waals surface area contributed by atoms with Crippen molar-refractivity contribution in [2.75, 3.05) is 20.3 Å². The minimum Gasteiger partial charge on any atom is -0.496 e. The second-order valence-corrected chi connectivity index (χ2v) is 10.8. The number of alkyl halides is 2. The number of allylic oxidation sites excluding steroid dienone is 8. The molecular formula is C37H37F2NO4. The summed E-state index contributed by atoms with van der Waals surface area (Å²) in [4.78, 5) is 12.7. The normalized spacial score (nSPS) is 15.9. The Kier molecular flexibility index (Phi) is 10.5. The number of benzene rings is 2. The Morgan fingerprint density at radius 3 is 2.52 bits per heavy atom. The summed E-state index contributed by atoms with van der Waals surface area (Å²) in [5.41, 5.74) is 9.46. The van der Waals surface area contributed by atoms with Crippen molar-refractivity contribution in [2.45, 2.75) is 58.0 Å². The predicted molar refractivity (Wildman–Crippen MR) is 169 cm³/mol. The van der Waals surface area contributed by atoms with Crippen LogP contribution in [-0.4, -0.2) is 38.1 Å². The van der Waals surface area contributed by atoms with E-state index < -0.39 is 12.3 Å². The van der Waals surface area contributed by atoms with Crippen molar-refractivity contribution in [1.29, 1.82) is 5.26 Å². The third-order valence-electron chi connectivity index (χ3n) is 7.93. The molecule has 0 N–H and O–H groups in total. The summed E-state index contributed by atoms with van der Waals surface area (Å²) in [7, 11) is 1.50. The lowest BCUT2D eigenvalue weighted by atomic mass is 9.87. The van der Waals surface area contributed by atoms with Crippen LogP contribution >= 0.6 is 0 Å². The van der Waals surface area contributed by atoms with Gasteiger partial charge in [-0.15, -0.1) is 5.73 Å². The molecule has 0 spiro atoms. The summed E-state index contributed by atoms with van der Waals surface area (Å²) in [5.74, 6) is -2.27. The number of nitriles is 1. The number of Topliss-reactive ketones (excluding diaryl/α,β-unsaturated/α-hetero) is 1. The molecule has 1 heterocycles. The standard InChI is InChI=1S/C37H37F2NO4/c1-6-9-30(25-11-13-34(27(21-25)23-40)44-28-15-18-43-19-16-28)36-24(4)20-32(29(36)7-2)31-12-10-26(22-35(31)42-5)33(41)14-17-37(38,39)8-3/h6,9-13,20-22,28H,1-2,8,14-19H2,3-5H3/b30-9-. The van der Waals surface area contributed by atoms with Crippen molar-refractivity contribution in [3.8, 4) is 17.6 Å². The lowest BCUT2D eigenvalue weighted by molar-refractivity contribution is -0.0121. The summed E-state index contributed by atoms with van der Waals surface area (Å²) in [6.45, 7) is 12.5. The van der Waals surface area contributed by atoms with E-state index in [0.717, 1.165) is 46.3 Å². The number of ketones is 1. The number of methoxy groups -OCH3 is 1. The topological polar surface area (TPSA) is 68.6 Å². The highest BCUT2D eigenvalue weighted by Gasteiger charge is 2.29. The van der Waals surface area contributed by atoms with E-state index in [1.165, 1.54) is 14.0 Å². The maximum absolute atomic E-state index is 13.8. The number of nitrogens with zero attached hydrogens (tertiary/aromatic N) is 1. The van der Waals surface area contributed by atoms with Gasteiger partial charge in [0.1, 0.15) is 23.7 Å². The molecule has 4 rings (SSSR count). The van der Waals surface area contributed by atoms with Crippen LogP contribution in [0.15, 0.2) is 90.2 Å². The molecule has 2 aliphatic rings. The highest BCUT2D eigenvalue weighted by molar-refractivity contribution is 6.02. The summed E-state index contributed by atoms with van der Waals surface area (Å²) in [6.07, 6.45) is 6.05. The Hall–Kier alpha value is -4.50. The number of carbonyl (C=O) groups is 1. The highest BCUT2D eigenvalue weighted by Crippen LogP contribution is 2.46. The quantitative estimate of drug-likeness (QED) is 0.139. The summed E-state index contributed by atoms with van der Waals surface area (Å²) < 4.78 is 44.8. The largest absolute Gasteiger partial charge is 0.496 e. The zero-order chi connectivity index (χ0) is 31.9. The van der Waals surface area contributed by atoms with Crippen molar-refractivity contribution in [3.63, 3.8) is 0 Å². The van der Waals surface area contributed by atoms with E-state index in [1.807, 2.05) is 37.3 Å². The van der Waals surface area contributed by atoms with E-state index in [9.17, 15) is 18.8 Å². The first-order valence-corrected chi connectivity index (χ1v) is 14.7. The summed E-state index contributed by atoms with van der Waals surface area (Å²) in [5, 5.41) is 9.98. The van der Waals surface area contributed by atoms with Gasteiger partial charge in [-0.3, -0.25) is 4.79 Å². The third kappa shape index (κ3) is 7.17. The van der Waals surface area contributed by atoms with Crippen molar-refractivity contribution in [3.05, 3.63) is 112 Å². The van der Waals surface area contributed by atoms with E-state index in [-0.39, 0.29) is 24.7 Å². The second kappa shape index (κ2) is 14.3. The van der Waals surface area contributed by atoms with Crippen molar-refractivity contribution in [1.82, 2.24) is 0 Å². The van der Waals surface area contributed by atoms with Crippen LogP contribution in [0.3, 0.4) is 0 Å². The molecule has 7 heteroatoms. The minimum atomic E-state index is -2.87. The molecule has 228 valence electrons. The third-order valence-corrected chi connectivity index (χ3v) is 7.93.